The number of rotatable bonds is 6. The van der Waals surface area contributed by atoms with Crippen LogP contribution in [0.1, 0.15) is 23.7 Å². The first-order valence-corrected chi connectivity index (χ1v) is 9.40. The van der Waals surface area contributed by atoms with Crippen LogP contribution >= 0.6 is 0 Å². The average molecular weight is 379 g/mol. The predicted octanol–water partition coefficient (Wildman–Crippen LogP) is 0.306. The number of likely N-dealkylation sites (tertiary alicyclic amines) is 1. The van der Waals surface area contributed by atoms with Gasteiger partial charge in [-0.25, -0.2) is 4.79 Å². The van der Waals surface area contributed by atoms with Gasteiger partial charge in [-0.05, 0) is 6.92 Å². The number of carbonyl (C=O) groups excluding carboxylic acids is 2. The topological polar surface area (TPSA) is 88.9 Å². The number of urea groups is 1. The van der Waals surface area contributed by atoms with Crippen LogP contribution in [-0.2, 0) is 21.3 Å². The molecule has 150 valence electrons. The van der Waals surface area contributed by atoms with E-state index in [2.05, 4.69) is 10.4 Å². The molecule has 3 heterocycles. The van der Waals surface area contributed by atoms with E-state index in [0.717, 1.165) is 11.3 Å². The van der Waals surface area contributed by atoms with Crippen LogP contribution in [0.25, 0.3) is 0 Å². The van der Waals surface area contributed by atoms with Gasteiger partial charge in [0.15, 0.2) is 0 Å². The summed E-state index contributed by atoms with van der Waals surface area (Å²) in [4.78, 5) is 28.7. The van der Waals surface area contributed by atoms with Crippen LogP contribution in [0.3, 0.4) is 0 Å². The van der Waals surface area contributed by atoms with Gasteiger partial charge in [0.05, 0.1) is 32.1 Å². The third-order valence-corrected chi connectivity index (χ3v) is 5.48. The fraction of sp³-hybridized carbons (Fsp3) is 0.722. The minimum Gasteiger partial charge on any atom is -0.383 e. The minimum atomic E-state index is -0.105. The Morgan fingerprint density at radius 2 is 2.15 bits per heavy atom. The number of aromatic nitrogens is 2. The van der Waals surface area contributed by atoms with Gasteiger partial charge in [-0.15, -0.1) is 0 Å². The molecule has 2 saturated heterocycles. The maximum absolute atomic E-state index is 12.6. The second-order valence-corrected chi connectivity index (χ2v) is 7.08. The van der Waals surface area contributed by atoms with Crippen molar-refractivity contribution in [2.24, 2.45) is 13.0 Å². The number of ether oxygens (including phenoxy) is 2. The molecule has 1 aromatic rings. The SMILES string of the molecule is COCCN1C(=O)C[C@H](CNC(=O)N2CCOCC2)[C@H]1c1cnn(C)c1C. The van der Waals surface area contributed by atoms with Crippen molar-refractivity contribution in [3.63, 3.8) is 0 Å². The molecule has 0 radical (unpaired) electrons. The number of methoxy groups -OCH3 is 1. The van der Waals surface area contributed by atoms with Gasteiger partial charge in [-0.3, -0.25) is 9.48 Å². The zero-order chi connectivity index (χ0) is 19.4. The van der Waals surface area contributed by atoms with Crippen molar-refractivity contribution in [3.8, 4) is 0 Å². The van der Waals surface area contributed by atoms with Gasteiger partial charge in [-0.2, -0.15) is 5.10 Å². The van der Waals surface area contributed by atoms with Gasteiger partial charge in [0.25, 0.3) is 0 Å². The lowest BCUT2D eigenvalue weighted by molar-refractivity contribution is -0.129. The quantitative estimate of drug-likeness (QED) is 0.768. The van der Waals surface area contributed by atoms with E-state index in [4.69, 9.17) is 9.47 Å². The Hall–Kier alpha value is -2.13. The highest BCUT2D eigenvalue weighted by molar-refractivity contribution is 5.80. The first kappa shape index (κ1) is 19.6. The highest BCUT2D eigenvalue weighted by Gasteiger charge is 2.42. The van der Waals surface area contributed by atoms with E-state index in [1.54, 1.807) is 12.0 Å². The molecule has 0 aliphatic carbocycles. The summed E-state index contributed by atoms with van der Waals surface area (Å²) in [7, 11) is 3.52. The summed E-state index contributed by atoms with van der Waals surface area (Å²) in [6.45, 7) is 5.79. The maximum Gasteiger partial charge on any atom is 0.317 e. The summed E-state index contributed by atoms with van der Waals surface area (Å²) in [5, 5.41) is 7.35. The monoisotopic (exact) mass is 379 g/mol. The van der Waals surface area contributed by atoms with Gasteiger partial charge >= 0.3 is 6.03 Å². The van der Waals surface area contributed by atoms with E-state index in [1.165, 1.54) is 0 Å². The minimum absolute atomic E-state index is 0.00208. The second kappa shape index (κ2) is 8.71. The Morgan fingerprint density at radius 3 is 2.78 bits per heavy atom. The van der Waals surface area contributed by atoms with Crippen LogP contribution in [0, 0.1) is 12.8 Å². The van der Waals surface area contributed by atoms with Crippen LogP contribution in [0.4, 0.5) is 4.79 Å². The summed E-state index contributed by atoms with van der Waals surface area (Å²) in [6, 6.07) is -0.200. The van der Waals surface area contributed by atoms with Gasteiger partial charge in [0, 0.05) is 63.9 Å². The van der Waals surface area contributed by atoms with Crippen molar-refractivity contribution >= 4 is 11.9 Å². The van der Waals surface area contributed by atoms with E-state index >= 15 is 0 Å². The van der Waals surface area contributed by atoms with Crippen molar-refractivity contribution in [1.29, 1.82) is 0 Å². The number of aryl methyl sites for hydroxylation is 1. The molecule has 2 aliphatic rings. The summed E-state index contributed by atoms with van der Waals surface area (Å²) in [5.74, 6) is 0.0909. The lowest BCUT2D eigenvalue weighted by Gasteiger charge is -2.30. The number of nitrogens with zero attached hydrogens (tertiary/aromatic N) is 4. The first-order chi connectivity index (χ1) is 13.0. The summed E-state index contributed by atoms with van der Waals surface area (Å²) < 4.78 is 12.3. The molecule has 9 heteroatoms. The lowest BCUT2D eigenvalue weighted by Crippen LogP contribution is -2.47. The van der Waals surface area contributed by atoms with Crippen molar-refractivity contribution in [2.45, 2.75) is 19.4 Å². The van der Waals surface area contributed by atoms with E-state index < -0.39 is 0 Å². The fourth-order valence-corrected chi connectivity index (χ4v) is 3.82. The Bertz CT molecular complexity index is 671. The zero-order valence-electron chi connectivity index (χ0n) is 16.3. The largest absolute Gasteiger partial charge is 0.383 e. The summed E-state index contributed by atoms with van der Waals surface area (Å²) in [5.41, 5.74) is 2.06. The standard InChI is InChI=1S/C18H29N5O4/c1-13-15(12-20-21(13)2)17-14(10-16(24)23(17)6-7-26-3)11-19-18(25)22-4-8-27-9-5-22/h12,14,17H,4-11H2,1-3H3,(H,19,25)/t14-,17+/m1/s1. The maximum atomic E-state index is 12.6. The Balaban J connectivity index is 1.72. The number of amides is 3. The summed E-state index contributed by atoms with van der Waals surface area (Å²) in [6.07, 6.45) is 2.24. The first-order valence-electron chi connectivity index (χ1n) is 9.40. The highest BCUT2D eigenvalue weighted by atomic mass is 16.5. The van der Waals surface area contributed by atoms with Gasteiger partial charge < -0.3 is 24.6 Å². The normalized spacial score (nSPS) is 23.1. The van der Waals surface area contributed by atoms with Crippen LogP contribution in [0.15, 0.2) is 6.20 Å². The van der Waals surface area contributed by atoms with Crippen molar-refractivity contribution in [2.75, 3.05) is 53.1 Å². The van der Waals surface area contributed by atoms with Gasteiger partial charge in [0.1, 0.15) is 0 Å². The van der Waals surface area contributed by atoms with Crippen LogP contribution in [-0.4, -0.2) is 84.6 Å². The zero-order valence-corrected chi connectivity index (χ0v) is 16.3. The van der Waals surface area contributed by atoms with Crippen molar-refractivity contribution < 1.29 is 19.1 Å². The molecule has 27 heavy (non-hydrogen) atoms. The smallest absolute Gasteiger partial charge is 0.317 e. The lowest BCUT2D eigenvalue weighted by atomic mass is 9.94. The van der Waals surface area contributed by atoms with Gasteiger partial charge in [-0.1, -0.05) is 0 Å². The molecule has 2 fully saturated rings. The second-order valence-electron chi connectivity index (χ2n) is 7.08. The molecular weight excluding hydrogens is 350 g/mol. The number of nitrogens with one attached hydrogen (secondary N) is 1. The number of carbonyl (C=O) groups is 2. The molecule has 3 rings (SSSR count). The van der Waals surface area contributed by atoms with Crippen molar-refractivity contribution in [1.82, 2.24) is 24.9 Å². The van der Waals surface area contributed by atoms with E-state index in [9.17, 15) is 9.59 Å². The number of hydrogen-bond acceptors (Lipinski definition) is 5. The van der Waals surface area contributed by atoms with E-state index in [1.807, 2.05) is 29.7 Å². The molecular formula is C18H29N5O4. The third kappa shape index (κ3) is 4.24. The molecule has 0 unspecified atom stereocenters. The highest BCUT2D eigenvalue weighted by Crippen LogP contribution is 2.38. The predicted molar refractivity (Wildman–Crippen MR) is 98.2 cm³/mol. The third-order valence-electron chi connectivity index (χ3n) is 5.48. The van der Waals surface area contributed by atoms with Crippen LogP contribution < -0.4 is 5.32 Å². The number of hydrogen-bond donors (Lipinski definition) is 1. The molecule has 0 aromatic carbocycles. The molecule has 0 spiro atoms. The Labute approximate surface area is 159 Å². The molecule has 2 aliphatic heterocycles. The van der Waals surface area contributed by atoms with E-state index in [0.29, 0.717) is 52.4 Å². The Morgan fingerprint density at radius 1 is 1.41 bits per heavy atom. The summed E-state index contributed by atoms with van der Waals surface area (Å²) >= 11 is 0. The van der Waals surface area contributed by atoms with E-state index in [-0.39, 0.29) is 23.9 Å². The average Bonchev–Trinajstić information content (AvgIpc) is 3.17. The molecule has 0 saturated carbocycles. The molecule has 1 aromatic heterocycles. The number of morpholine rings is 1. The molecule has 0 bridgehead atoms. The fourth-order valence-electron chi connectivity index (χ4n) is 3.82. The van der Waals surface area contributed by atoms with Crippen molar-refractivity contribution in [3.05, 3.63) is 17.5 Å². The molecule has 1 N–H and O–H groups in total. The van der Waals surface area contributed by atoms with Crippen LogP contribution in [0.2, 0.25) is 0 Å². The molecule has 3 amide bonds. The molecule has 9 nitrogen and oxygen atoms in total. The van der Waals surface area contributed by atoms with Gasteiger partial charge in [0.2, 0.25) is 5.91 Å². The molecule has 2 atom stereocenters. The Kier molecular flexibility index (Phi) is 6.33. The van der Waals surface area contributed by atoms with Crippen LogP contribution in [0.5, 0.6) is 0 Å².